The topological polar surface area (TPSA) is 58.6 Å². The highest BCUT2D eigenvalue weighted by Gasteiger charge is 2.22. The van der Waals surface area contributed by atoms with Gasteiger partial charge in [0, 0.05) is 5.92 Å². The summed E-state index contributed by atoms with van der Waals surface area (Å²) in [5.41, 5.74) is 0.497. The first-order chi connectivity index (χ1) is 6.88. The van der Waals surface area contributed by atoms with Crippen molar-refractivity contribution in [1.29, 1.82) is 0 Å². The van der Waals surface area contributed by atoms with Crippen LogP contribution < -0.4 is 0 Å². The molecule has 1 aromatic rings. The van der Waals surface area contributed by atoms with Crippen LogP contribution in [-0.2, 0) is 0 Å². The quantitative estimate of drug-likeness (QED) is 0.577. The first-order valence-corrected chi connectivity index (χ1v) is 5.28. The molecular formula is C10H15N3O. The van der Waals surface area contributed by atoms with Crippen molar-refractivity contribution in [2.24, 2.45) is 5.92 Å². The molecule has 0 spiro atoms. The molecule has 0 amide bonds. The number of aromatic amines is 1. The molecule has 14 heavy (non-hydrogen) atoms. The molecule has 1 N–H and O–H groups in total. The molecule has 1 heterocycles. The van der Waals surface area contributed by atoms with E-state index in [4.69, 9.17) is 0 Å². The number of H-pyrrole nitrogens is 1. The highest BCUT2D eigenvalue weighted by atomic mass is 16.1. The SMILES string of the molecule is O=C(c1cn[nH]n1)C1CCCCCC1. The molecule has 4 heteroatoms. The third kappa shape index (κ3) is 2.00. The van der Waals surface area contributed by atoms with Gasteiger partial charge in [-0.25, -0.2) is 0 Å². The third-order valence-electron chi connectivity index (χ3n) is 2.89. The second-order valence-electron chi connectivity index (χ2n) is 3.91. The Labute approximate surface area is 83.1 Å². The number of nitrogens with one attached hydrogen (secondary N) is 1. The molecule has 0 bridgehead atoms. The summed E-state index contributed by atoms with van der Waals surface area (Å²) in [6.07, 6.45) is 8.44. The van der Waals surface area contributed by atoms with Crippen LogP contribution in [0.15, 0.2) is 6.20 Å². The molecule has 0 unspecified atom stereocenters. The van der Waals surface area contributed by atoms with Crippen LogP contribution in [0.3, 0.4) is 0 Å². The van der Waals surface area contributed by atoms with E-state index in [1.165, 1.54) is 31.9 Å². The minimum Gasteiger partial charge on any atom is -0.292 e. The van der Waals surface area contributed by atoms with Gasteiger partial charge in [0.25, 0.3) is 0 Å². The number of Topliss-reactive ketones (excluding diaryl/α,β-unsaturated/α-hetero) is 1. The van der Waals surface area contributed by atoms with Crippen molar-refractivity contribution in [2.45, 2.75) is 38.5 Å². The smallest absolute Gasteiger partial charge is 0.187 e. The molecule has 0 aliphatic heterocycles. The lowest BCUT2D eigenvalue weighted by atomic mass is 9.94. The van der Waals surface area contributed by atoms with E-state index in [-0.39, 0.29) is 11.7 Å². The van der Waals surface area contributed by atoms with Crippen LogP contribution in [0.1, 0.15) is 49.0 Å². The predicted molar refractivity (Wildman–Crippen MR) is 51.9 cm³/mol. The van der Waals surface area contributed by atoms with Crippen molar-refractivity contribution >= 4 is 5.78 Å². The maximum Gasteiger partial charge on any atom is 0.187 e. The van der Waals surface area contributed by atoms with E-state index < -0.39 is 0 Å². The molecule has 1 aliphatic rings. The Morgan fingerprint density at radius 2 is 2.00 bits per heavy atom. The highest BCUT2D eigenvalue weighted by molar-refractivity contribution is 5.95. The van der Waals surface area contributed by atoms with E-state index >= 15 is 0 Å². The standard InChI is InChI=1S/C10H15N3O/c14-10(9-7-11-13-12-9)8-5-3-1-2-4-6-8/h7-8H,1-6H2,(H,11,12,13). The molecule has 1 aromatic heterocycles. The molecule has 1 aliphatic carbocycles. The van der Waals surface area contributed by atoms with Gasteiger partial charge in [0.2, 0.25) is 0 Å². The maximum absolute atomic E-state index is 11.9. The van der Waals surface area contributed by atoms with Gasteiger partial charge in [-0.1, -0.05) is 25.7 Å². The second-order valence-corrected chi connectivity index (χ2v) is 3.91. The van der Waals surface area contributed by atoms with Crippen LogP contribution >= 0.6 is 0 Å². The average Bonchev–Trinajstić information content (AvgIpc) is 2.59. The van der Waals surface area contributed by atoms with E-state index in [1.54, 1.807) is 0 Å². The van der Waals surface area contributed by atoms with Gasteiger partial charge in [0.05, 0.1) is 6.20 Å². The summed E-state index contributed by atoms with van der Waals surface area (Å²) in [5.74, 6) is 0.350. The molecule has 0 atom stereocenters. The van der Waals surface area contributed by atoms with Gasteiger partial charge in [0.15, 0.2) is 5.78 Å². The third-order valence-corrected chi connectivity index (χ3v) is 2.89. The maximum atomic E-state index is 11.9. The number of carbonyl (C=O) groups excluding carboxylic acids is 1. The number of hydrogen-bond donors (Lipinski definition) is 1. The normalized spacial score (nSPS) is 19.1. The van der Waals surface area contributed by atoms with E-state index in [0.717, 1.165) is 12.8 Å². The van der Waals surface area contributed by atoms with Gasteiger partial charge in [-0.05, 0) is 12.8 Å². The Bertz CT molecular complexity index is 286. The van der Waals surface area contributed by atoms with Crippen LogP contribution in [0, 0.1) is 5.92 Å². The van der Waals surface area contributed by atoms with Crippen molar-refractivity contribution in [2.75, 3.05) is 0 Å². The van der Waals surface area contributed by atoms with Crippen molar-refractivity contribution in [3.05, 3.63) is 11.9 Å². The lowest BCUT2D eigenvalue weighted by molar-refractivity contribution is 0.0902. The Hall–Kier alpha value is -1.19. The fourth-order valence-electron chi connectivity index (χ4n) is 2.07. The number of rotatable bonds is 2. The number of hydrogen-bond acceptors (Lipinski definition) is 3. The van der Waals surface area contributed by atoms with Gasteiger partial charge >= 0.3 is 0 Å². The number of carbonyl (C=O) groups is 1. The van der Waals surface area contributed by atoms with Gasteiger partial charge in [-0.2, -0.15) is 15.4 Å². The van der Waals surface area contributed by atoms with Crippen LogP contribution in [0.2, 0.25) is 0 Å². The van der Waals surface area contributed by atoms with Gasteiger partial charge in [-0.3, -0.25) is 4.79 Å². The Morgan fingerprint density at radius 1 is 1.29 bits per heavy atom. The molecule has 0 saturated heterocycles. The van der Waals surface area contributed by atoms with E-state index in [0.29, 0.717) is 5.69 Å². The fraction of sp³-hybridized carbons (Fsp3) is 0.700. The lowest BCUT2D eigenvalue weighted by Crippen LogP contribution is -2.14. The molecule has 4 nitrogen and oxygen atoms in total. The zero-order chi connectivity index (χ0) is 9.80. The Kier molecular flexibility index (Phi) is 2.91. The van der Waals surface area contributed by atoms with Gasteiger partial charge < -0.3 is 0 Å². The second kappa shape index (κ2) is 4.35. The first kappa shape index (κ1) is 9.37. The van der Waals surface area contributed by atoms with E-state index in [9.17, 15) is 4.79 Å². The summed E-state index contributed by atoms with van der Waals surface area (Å²) in [4.78, 5) is 11.9. The predicted octanol–water partition coefficient (Wildman–Crippen LogP) is 1.96. The largest absolute Gasteiger partial charge is 0.292 e. The summed E-state index contributed by atoms with van der Waals surface area (Å²) in [6.45, 7) is 0. The number of nitrogens with zero attached hydrogens (tertiary/aromatic N) is 2. The Morgan fingerprint density at radius 3 is 2.57 bits per heavy atom. The molecule has 1 saturated carbocycles. The Balaban J connectivity index is 2.03. The van der Waals surface area contributed by atoms with Gasteiger partial charge in [-0.15, -0.1) is 0 Å². The van der Waals surface area contributed by atoms with E-state index in [1.807, 2.05) is 0 Å². The zero-order valence-corrected chi connectivity index (χ0v) is 8.20. The molecular weight excluding hydrogens is 178 g/mol. The summed E-state index contributed by atoms with van der Waals surface area (Å²) in [7, 11) is 0. The molecule has 76 valence electrons. The van der Waals surface area contributed by atoms with Gasteiger partial charge in [0.1, 0.15) is 5.69 Å². The van der Waals surface area contributed by atoms with Crippen LogP contribution in [-0.4, -0.2) is 21.2 Å². The number of aromatic nitrogens is 3. The van der Waals surface area contributed by atoms with E-state index in [2.05, 4.69) is 15.4 Å². The minimum atomic E-state index is 0.167. The average molecular weight is 193 g/mol. The lowest BCUT2D eigenvalue weighted by Gasteiger charge is -2.09. The van der Waals surface area contributed by atoms with Crippen molar-refractivity contribution < 1.29 is 4.79 Å². The number of ketones is 1. The van der Waals surface area contributed by atoms with Crippen LogP contribution in [0.5, 0.6) is 0 Å². The summed E-state index contributed by atoms with van der Waals surface area (Å²) in [6, 6.07) is 0. The van der Waals surface area contributed by atoms with Crippen LogP contribution in [0.25, 0.3) is 0 Å². The van der Waals surface area contributed by atoms with Crippen molar-refractivity contribution in [3.8, 4) is 0 Å². The van der Waals surface area contributed by atoms with Crippen LogP contribution in [0.4, 0.5) is 0 Å². The summed E-state index contributed by atoms with van der Waals surface area (Å²) < 4.78 is 0. The van der Waals surface area contributed by atoms with Crippen molar-refractivity contribution in [3.63, 3.8) is 0 Å². The summed E-state index contributed by atoms with van der Waals surface area (Å²) in [5, 5.41) is 9.99. The molecule has 2 rings (SSSR count). The zero-order valence-electron chi connectivity index (χ0n) is 8.20. The first-order valence-electron chi connectivity index (χ1n) is 5.28. The highest BCUT2D eigenvalue weighted by Crippen LogP contribution is 2.25. The summed E-state index contributed by atoms with van der Waals surface area (Å²) >= 11 is 0. The molecule has 1 fully saturated rings. The molecule has 0 radical (unpaired) electrons. The monoisotopic (exact) mass is 193 g/mol. The minimum absolute atomic E-state index is 0.167. The fourth-order valence-corrected chi connectivity index (χ4v) is 2.07. The molecule has 0 aromatic carbocycles. The van der Waals surface area contributed by atoms with Crippen molar-refractivity contribution in [1.82, 2.24) is 15.4 Å².